The first kappa shape index (κ1) is 15.7. The van der Waals surface area contributed by atoms with Gasteiger partial charge in [0.15, 0.2) is 0 Å². The van der Waals surface area contributed by atoms with Crippen molar-refractivity contribution in [2.75, 3.05) is 6.54 Å². The normalized spacial score (nSPS) is 13.0. The minimum Gasteiger partial charge on any atom is -0.391 e. The van der Waals surface area contributed by atoms with Gasteiger partial charge in [-0.25, -0.2) is 4.98 Å². The smallest absolute Gasteiger partial charge is 0.251 e. The number of rotatable bonds is 4. The molecule has 4 nitrogen and oxygen atoms in total. The molecule has 0 fully saturated rings. The largest absolute Gasteiger partial charge is 0.391 e. The van der Waals surface area contributed by atoms with E-state index in [9.17, 15) is 9.90 Å². The number of amides is 1. The Labute approximate surface area is 128 Å². The predicted octanol–water partition coefficient (Wildman–Crippen LogP) is 2.95. The van der Waals surface area contributed by atoms with E-state index in [2.05, 4.69) is 10.3 Å². The Hall–Kier alpha value is -1.72. The van der Waals surface area contributed by atoms with E-state index < -0.39 is 6.10 Å². The molecule has 5 heteroatoms. The maximum atomic E-state index is 12.0. The van der Waals surface area contributed by atoms with Crippen LogP contribution in [0.2, 0.25) is 0 Å². The summed E-state index contributed by atoms with van der Waals surface area (Å²) in [5.74, 6) is -0.178. The van der Waals surface area contributed by atoms with Crippen LogP contribution in [0.3, 0.4) is 0 Å². The van der Waals surface area contributed by atoms with Gasteiger partial charge in [0, 0.05) is 23.1 Å². The summed E-state index contributed by atoms with van der Waals surface area (Å²) in [6.45, 7) is 6.06. The van der Waals surface area contributed by atoms with Crippen LogP contribution in [0.5, 0.6) is 0 Å². The van der Waals surface area contributed by atoms with E-state index in [1.165, 1.54) is 0 Å². The predicted molar refractivity (Wildman–Crippen MR) is 85.3 cm³/mol. The fourth-order valence-electron chi connectivity index (χ4n) is 1.75. The molecule has 0 aliphatic carbocycles. The Bertz CT molecular complexity index is 586. The zero-order valence-corrected chi connectivity index (χ0v) is 13.3. The molecule has 1 heterocycles. The Morgan fingerprint density at radius 2 is 2.00 bits per heavy atom. The summed E-state index contributed by atoms with van der Waals surface area (Å²) in [6, 6.07) is 7.30. The van der Waals surface area contributed by atoms with Crippen molar-refractivity contribution in [3.63, 3.8) is 0 Å². The lowest BCUT2D eigenvalue weighted by atomic mass is 9.89. The molecule has 112 valence electrons. The van der Waals surface area contributed by atoms with E-state index in [1.807, 2.05) is 38.3 Å². The highest BCUT2D eigenvalue weighted by Crippen LogP contribution is 2.20. The summed E-state index contributed by atoms with van der Waals surface area (Å²) in [6.07, 6.45) is -0.573. The molecule has 21 heavy (non-hydrogen) atoms. The van der Waals surface area contributed by atoms with Gasteiger partial charge in [-0.15, -0.1) is 11.3 Å². The third kappa shape index (κ3) is 4.12. The number of carbonyl (C=O) groups excluding carboxylic acids is 1. The van der Waals surface area contributed by atoms with Crippen LogP contribution < -0.4 is 5.32 Å². The molecule has 0 bridgehead atoms. The van der Waals surface area contributed by atoms with Gasteiger partial charge in [0.05, 0.1) is 17.3 Å². The van der Waals surface area contributed by atoms with Crippen LogP contribution in [0.1, 0.15) is 31.1 Å². The minimum absolute atomic E-state index is 0.178. The number of hydrogen-bond donors (Lipinski definition) is 2. The molecule has 0 radical (unpaired) electrons. The van der Waals surface area contributed by atoms with Crippen LogP contribution in [0.4, 0.5) is 0 Å². The molecule has 1 aromatic carbocycles. The molecule has 2 aromatic rings. The van der Waals surface area contributed by atoms with Gasteiger partial charge in [0.25, 0.3) is 5.91 Å². The van der Waals surface area contributed by atoms with Gasteiger partial charge in [0.2, 0.25) is 0 Å². The molecule has 1 unspecified atom stereocenters. The highest BCUT2D eigenvalue weighted by molar-refractivity contribution is 7.07. The van der Waals surface area contributed by atoms with Crippen molar-refractivity contribution in [2.45, 2.75) is 26.9 Å². The van der Waals surface area contributed by atoms with Crippen LogP contribution >= 0.6 is 11.3 Å². The summed E-state index contributed by atoms with van der Waals surface area (Å²) < 4.78 is 0. The minimum atomic E-state index is -0.573. The molecule has 1 amide bonds. The van der Waals surface area contributed by atoms with E-state index in [0.717, 1.165) is 11.3 Å². The van der Waals surface area contributed by atoms with Crippen molar-refractivity contribution in [2.24, 2.45) is 5.41 Å². The topological polar surface area (TPSA) is 62.2 Å². The Morgan fingerprint density at radius 1 is 1.33 bits per heavy atom. The number of nitrogens with one attached hydrogen (secondary N) is 1. The van der Waals surface area contributed by atoms with Crippen LogP contribution in [-0.2, 0) is 0 Å². The van der Waals surface area contributed by atoms with E-state index >= 15 is 0 Å². The lowest BCUT2D eigenvalue weighted by molar-refractivity contribution is 0.0587. The van der Waals surface area contributed by atoms with Gasteiger partial charge >= 0.3 is 0 Å². The monoisotopic (exact) mass is 304 g/mol. The van der Waals surface area contributed by atoms with Crippen molar-refractivity contribution in [3.05, 3.63) is 40.7 Å². The number of benzene rings is 1. The summed E-state index contributed by atoms with van der Waals surface area (Å²) in [4.78, 5) is 16.3. The van der Waals surface area contributed by atoms with Gasteiger partial charge in [0.1, 0.15) is 0 Å². The average molecular weight is 304 g/mol. The Morgan fingerprint density at radius 3 is 2.52 bits per heavy atom. The number of carbonyl (C=O) groups is 1. The Balaban J connectivity index is 1.97. The SMILES string of the molecule is CC(C)(C)C(O)CNC(=O)c1ccc(-c2cscn2)cc1. The molecule has 0 saturated carbocycles. The third-order valence-corrected chi connectivity index (χ3v) is 3.92. The molecule has 1 aromatic heterocycles. The summed E-state index contributed by atoms with van der Waals surface area (Å²) in [5, 5.41) is 14.7. The number of nitrogens with zero attached hydrogens (tertiary/aromatic N) is 1. The first-order chi connectivity index (χ1) is 9.88. The van der Waals surface area contributed by atoms with Gasteiger partial charge in [-0.05, 0) is 17.5 Å². The van der Waals surface area contributed by atoms with Crippen molar-refractivity contribution in [1.82, 2.24) is 10.3 Å². The highest BCUT2D eigenvalue weighted by atomic mass is 32.1. The van der Waals surface area contributed by atoms with E-state index in [0.29, 0.717) is 5.56 Å². The molecular formula is C16H20N2O2S. The number of aromatic nitrogens is 1. The summed E-state index contributed by atoms with van der Waals surface area (Å²) >= 11 is 1.54. The maximum absolute atomic E-state index is 12.0. The zero-order valence-electron chi connectivity index (χ0n) is 12.5. The standard InChI is InChI=1S/C16H20N2O2S/c1-16(2,3)14(19)8-17-15(20)12-6-4-11(5-7-12)13-9-21-10-18-13/h4-7,9-10,14,19H,8H2,1-3H3,(H,17,20). The van der Waals surface area contributed by atoms with Crippen LogP contribution in [0, 0.1) is 5.41 Å². The average Bonchev–Trinajstić information content (AvgIpc) is 2.97. The zero-order chi connectivity index (χ0) is 15.5. The fourth-order valence-corrected chi connectivity index (χ4v) is 2.31. The van der Waals surface area contributed by atoms with Crippen molar-refractivity contribution in [3.8, 4) is 11.3 Å². The molecular weight excluding hydrogens is 284 g/mol. The lowest BCUT2D eigenvalue weighted by Crippen LogP contribution is -2.39. The molecule has 2 N–H and O–H groups in total. The van der Waals surface area contributed by atoms with E-state index in [-0.39, 0.29) is 17.9 Å². The van der Waals surface area contributed by atoms with E-state index in [4.69, 9.17) is 0 Å². The third-order valence-electron chi connectivity index (χ3n) is 3.33. The lowest BCUT2D eigenvalue weighted by Gasteiger charge is -2.25. The second-order valence-electron chi connectivity index (χ2n) is 6.04. The maximum Gasteiger partial charge on any atom is 0.251 e. The quantitative estimate of drug-likeness (QED) is 0.913. The molecule has 0 saturated heterocycles. The van der Waals surface area contributed by atoms with Gasteiger partial charge in [-0.2, -0.15) is 0 Å². The van der Waals surface area contributed by atoms with Crippen LogP contribution in [0.15, 0.2) is 35.2 Å². The summed E-state index contributed by atoms with van der Waals surface area (Å²) in [7, 11) is 0. The van der Waals surface area contributed by atoms with Crippen LogP contribution in [0.25, 0.3) is 11.3 Å². The first-order valence-corrected chi connectivity index (χ1v) is 7.77. The number of aliphatic hydroxyl groups is 1. The fraction of sp³-hybridized carbons (Fsp3) is 0.375. The van der Waals surface area contributed by atoms with Crippen LogP contribution in [-0.4, -0.2) is 28.6 Å². The molecule has 2 rings (SSSR count). The highest BCUT2D eigenvalue weighted by Gasteiger charge is 2.22. The molecule has 0 aliphatic heterocycles. The van der Waals surface area contributed by atoms with Crippen molar-refractivity contribution >= 4 is 17.2 Å². The number of aliphatic hydroxyl groups excluding tert-OH is 1. The van der Waals surface area contributed by atoms with Gasteiger partial charge in [-0.3, -0.25) is 4.79 Å². The number of thiazole rings is 1. The second-order valence-corrected chi connectivity index (χ2v) is 6.76. The van der Waals surface area contributed by atoms with E-state index in [1.54, 1.807) is 29.0 Å². The molecule has 1 atom stereocenters. The Kier molecular flexibility index (Phi) is 4.75. The first-order valence-electron chi connectivity index (χ1n) is 6.83. The number of hydrogen-bond acceptors (Lipinski definition) is 4. The van der Waals surface area contributed by atoms with Gasteiger partial charge < -0.3 is 10.4 Å². The van der Waals surface area contributed by atoms with Crippen molar-refractivity contribution < 1.29 is 9.90 Å². The molecule has 0 aliphatic rings. The second kappa shape index (κ2) is 6.37. The van der Waals surface area contributed by atoms with Gasteiger partial charge in [-0.1, -0.05) is 32.9 Å². The molecule has 0 spiro atoms. The summed E-state index contributed by atoms with van der Waals surface area (Å²) in [5.41, 5.74) is 4.01. The van der Waals surface area contributed by atoms with Crippen molar-refractivity contribution in [1.29, 1.82) is 0 Å².